The molecule has 0 spiro atoms. The van der Waals surface area contributed by atoms with E-state index in [0.29, 0.717) is 5.02 Å². The Morgan fingerprint density at radius 3 is 2.16 bits per heavy atom. The highest BCUT2D eigenvalue weighted by molar-refractivity contribution is 6.47. The fourth-order valence-electron chi connectivity index (χ4n) is 2.40. The van der Waals surface area contributed by atoms with E-state index in [1.807, 2.05) is 0 Å². The van der Waals surface area contributed by atoms with Crippen LogP contribution in [0.3, 0.4) is 0 Å². The number of hydrogen-bond donors (Lipinski definition) is 2. The van der Waals surface area contributed by atoms with Crippen molar-refractivity contribution in [1.29, 1.82) is 0 Å². The van der Waals surface area contributed by atoms with Crippen LogP contribution in [0.1, 0.15) is 10.4 Å². The van der Waals surface area contributed by atoms with Crippen LogP contribution >= 0.6 is 69.6 Å². The number of carbonyl (C=O) groups excluding carboxylic acids is 2. The first-order chi connectivity index (χ1) is 14.7. The summed E-state index contributed by atoms with van der Waals surface area (Å²) in [5, 5.41) is 5.29. The molecule has 3 amide bonds. The van der Waals surface area contributed by atoms with Gasteiger partial charge in [-0.05, 0) is 36.4 Å². The Bertz CT molecular complexity index is 1190. The zero-order valence-corrected chi connectivity index (χ0v) is 19.6. The number of hydrogen-bond acceptors (Lipinski definition) is 3. The maximum atomic E-state index is 12.2. The lowest BCUT2D eigenvalue weighted by atomic mass is 10.2. The summed E-state index contributed by atoms with van der Waals surface area (Å²) in [5.41, 5.74) is 0.181. The summed E-state index contributed by atoms with van der Waals surface area (Å²) in [6, 6.07) is 11.3. The third-order valence-corrected chi connectivity index (χ3v) is 5.81. The number of benzene rings is 3. The van der Waals surface area contributed by atoms with Crippen molar-refractivity contribution in [3.8, 4) is 11.5 Å². The van der Waals surface area contributed by atoms with Gasteiger partial charge >= 0.3 is 6.03 Å². The van der Waals surface area contributed by atoms with Gasteiger partial charge in [-0.3, -0.25) is 10.1 Å². The molecule has 0 bridgehead atoms. The van der Waals surface area contributed by atoms with Gasteiger partial charge in [-0.25, -0.2) is 4.79 Å². The van der Waals surface area contributed by atoms with E-state index in [-0.39, 0.29) is 47.9 Å². The number of nitrogens with one attached hydrogen (secondary N) is 2. The Hall–Kier alpha value is -1.86. The number of ether oxygens (including phenoxy) is 1. The molecule has 2 N–H and O–H groups in total. The normalized spacial score (nSPS) is 10.5. The molecule has 0 heterocycles. The molecule has 0 aliphatic heterocycles. The van der Waals surface area contributed by atoms with E-state index in [9.17, 15) is 9.59 Å². The predicted octanol–water partition coefficient (Wildman–Crippen LogP) is 8.36. The summed E-state index contributed by atoms with van der Waals surface area (Å²) in [4.78, 5) is 24.5. The largest absolute Gasteiger partial charge is 0.453 e. The Labute approximate surface area is 207 Å². The zero-order chi connectivity index (χ0) is 22.7. The molecule has 0 fully saturated rings. The van der Waals surface area contributed by atoms with Crippen LogP contribution in [0.15, 0.2) is 48.5 Å². The SMILES string of the molecule is O=C(NC(=O)c1ccccc1Cl)Nc1cc(Cl)c(Oc2ccc(Cl)cc2Cl)c(Cl)c1Cl. The molecular weight excluding hydrogens is 529 g/mol. The number of urea groups is 1. The van der Waals surface area contributed by atoms with Gasteiger partial charge in [-0.15, -0.1) is 0 Å². The summed E-state index contributed by atoms with van der Waals surface area (Å²) >= 11 is 36.7. The third kappa shape index (κ3) is 5.69. The van der Waals surface area contributed by atoms with Gasteiger partial charge < -0.3 is 10.1 Å². The van der Waals surface area contributed by atoms with Crippen molar-refractivity contribution in [2.24, 2.45) is 0 Å². The summed E-state index contributed by atoms with van der Waals surface area (Å²) in [5.74, 6) is -0.431. The number of anilines is 1. The lowest BCUT2D eigenvalue weighted by Crippen LogP contribution is -2.34. The number of amides is 3. The van der Waals surface area contributed by atoms with E-state index in [1.165, 1.54) is 30.3 Å². The summed E-state index contributed by atoms with van der Waals surface area (Å²) < 4.78 is 5.67. The second-order valence-corrected chi connectivity index (χ2v) is 8.34. The fraction of sp³-hybridized carbons (Fsp3) is 0. The number of carbonyl (C=O) groups is 2. The van der Waals surface area contributed by atoms with Gasteiger partial charge in [0.05, 0.1) is 31.3 Å². The Morgan fingerprint density at radius 1 is 0.774 bits per heavy atom. The average Bonchev–Trinajstić information content (AvgIpc) is 2.70. The molecule has 11 heteroatoms. The third-order valence-electron chi connectivity index (χ3n) is 3.82. The van der Waals surface area contributed by atoms with Gasteiger partial charge in [0.25, 0.3) is 5.91 Å². The fourth-order valence-corrected chi connectivity index (χ4v) is 3.79. The molecule has 0 radical (unpaired) electrons. The van der Waals surface area contributed by atoms with Gasteiger partial charge in [0.1, 0.15) is 10.8 Å². The number of imide groups is 1. The van der Waals surface area contributed by atoms with Gasteiger partial charge in [0.15, 0.2) is 5.75 Å². The van der Waals surface area contributed by atoms with Crippen LogP contribution in [0.2, 0.25) is 30.1 Å². The first-order valence-electron chi connectivity index (χ1n) is 8.34. The smallest absolute Gasteiger partial charge is 0.326 e. The Kier molecular flexibility index (Phi) is 7.81. The number of halogens is 6. The topological polar surface area (TPSA) is 67.4 Å². The molecule has 5 nitrogen and oxygen atoms in total. The predicted molar refractivity (Wildman–Crippen MR) is 126 cm³/mol. The van der Waals surface area contributed by atoms with Gasteiger partial charge in [0.2, 0.25) is 0 Å². The van der Waals surface area contributed by atoms with Gasteiger partial charge in [-0.2, -0.15) is 0 Å². The summed E-state index contributed by atoms with van der Waals surface area (Å²) in [6.07, 6.45) is 0. The average molecular weight is 539 g/mol. The minimum atomic E-state index is -0.867. The van der Waals surface area contributed by atoms with Crippen molar-refractivity contribution in [3.63, 3.8) is 0 Å². The second kappa shape index (κ2) is 10.2. The van der Waals surface area contributed by atoms with Crippen LogP contribution in [0, 0.1) is 0 Å². The summed E-state index contributed by atoms with van der Waals surface area (Å²) in [7, 11) is 0. The highest BCUT2D eigenvalue weighted by atomic mass is 35.5. The van der Waals surface area contributed by atoms with E-state index >= 15 is 0 Å². The lowest BCUT2D eigenvalue weighted by Gasteiger charge is -2.15. The summed E-state index contributed by atoms with van der Waals surface area (Å²) in [6.45, 7) is 0. The lowest BCUT2D eigenvalue weighted by molar-refractivity contribution is 0.0967. The molecule has 3 rings (SSSR count). The van der Waals surface area contributed by atoms with E-state index in [2.05, 4.69) is 10.6 Å². The maximum Gasteiger partial charge on any atom is 0.326 e. The van der Waals surface area contributed by atoms with Crippen molar-refractivity contribution in [2.75, 3.05) is 5.32 Å². The highest BCUT2D eigenvalue weighted by Crippen LogP contribution is 2.46. The zero-order valence-electron chi connectivity index (χ0n) is 15.1. The molecule has 0 aromatic heterocycles. The molecule has 160 valence electrons. The van der Waals surface area contributed by atoms with Crippen LogP contribution in [-0.4, -0.2) is 11.9 Å². The highest BCUT2D eigenvalue weighted by Gasteiger charge is 2.20. The van der Waals surface area contributed by atoms with Crippen LogP contribution < -0.4 is 15.4 Å². The first kappa shape index (κ1) is 23.8. The molecular formula is C20H10Cl6N2O3. The van der Waals surface area contributed by atoms with E-state index < -0.39 is 11.9 Å². The molecule has 0 aliphatic rings. The Balaban J connectivity index is 1.79. The van der Waals surface area contributed by atoms with Crippen molar-refractivity contribution in [1.82, 2.24) is 5.32 Å². The van der Waals surface area contributed by atoms with E-state index in [0.717, 1.165) is 0 Å². The van der Waals surface area contributed by atoms with Crippen LogP contribution in [-0.2, 0) is 0 Å². The van der Waals surface area contributed by atoms with Crippen LogP contribution in [0.4, 0.5) is 10.5 Å². The molecule has 0 saturated carbocycles. The quantitative estimate of drug-likeness (QED) is 0.328. The van der Waals surface area contributed by atoms with Gasteiger partial charge in [0, 0.05) is 5.02 Å². The van der Waals surface area contributed by atoms with Crippen LogP contribution in [0.25, 0.3) is 0 Å². The number of rotatable bonds is 4. The molecule has 0 aliphatic carbocycles. The van der Waals surface area contributed by atoms with Gasteiger partial charge in [-0.1, -0.05) is 81.7 Å². The molecule has 0 saturated heterocycles. The second-order valence-electron chi connectivity index (χ2n) is 5.93. The molecule has 3 aromatic rings. The Morgan fingerprint density at radius 2 is 1.48 bits per heavy atom. The van der Waals surface area contributed by atoms with Crippen molar-refractivity contribution in [3.05, 3.63) is 84.2 Å². The molecule has 0 unspecified atom stereocenters. The van der Waals surface area contributed by atoms with E-state index in [4.69, 9.17) is 74.3 Å². The van der Waals surface area contributed by atoms with Crippen molar-refractivity contribution in [2.45, 2.75) is 0 Å². The van der Waals surface area contributed by atoms with Crippen LogP contribution in [0.5, 0.6) is 11.5 Å². The van der Waals surface area contributed by atoms with Crippen molar-refractivity contribution >= 4 is 87.2 Å². The maximum absolute atomic E-state index is 12.2. The first-order valence-corrected chi connectivity index (χ1v) is 10.6. The molecule has 31 heavy (non-hydrogen) atoms. The molecule has 0 atom stereocenters. The van der Waals surface area contributed by atoms with E-state index in [1.54, 1.807) is 18.2 Å². The standard InChI is InChI=1S/C20H10Cl6N2O3/c21-9-5-6-15(12(23)7-9)31-18-13(24)8-14(16(25)17(18)26)27-20(30)28-19(29)10-3-1-2-4-11(10)22/h1-8H,(H2,27,28,29,30). The minimum Gasteiger partial charge on any atom is -0.453 e. The monoisotopic (exact) mass is 536 g/mol. The minimum absolute atomic E-state index is 0.0238. The molecule has 3 aromatic carbocycles. The van der Waals surface area contributed by atoms with Crippen molar-refractivity contribution < 1.29 is 14.3 Å².